The largest absolute Gasteiger partial charge is 0.504 e. The van der Waals surface area contributed by atoms with Crippen molar-refractivity contribution in [2.75, 3.05) is 18.6 Å². The van der Waals surface area contributed by atoms with E-state index in [2.05, 4.69) is 0 Å². The van der Waals surface area contributed by atoms with Crippen LogP contribution in [0.3, 0.4) is 0 Å². The number of phenols is 1. The van der Waals surface area contributed by atoms with E-state index in [1.807, 2.05) is 49.4 Å². The van der Waals surface area contributed by atoms with Gasteiger partial charge in [0.15, 0.2) is 11.5 Å². The Labute approximate surface area is 186 Å². The van der Waals surface area contributed by atoms with E-state index < -0.39 is 5.97 Å². The summed E-state index contributed by atoms with van der Waals surface area (Å²) in [5.74, 6) is -0.788. The van der Waals surface area contributed by atoms with E-state index in [9.17, 15) is 14.7 Å². The van der Waals surface area contributed by atoms with Crippen molar-refractivity contribution >= 4 is 34.4 Å². The molecule has 1 heterocycles. The minimum Gasteiger partial charge on any atom is -0.504 e. The molecule has 32 heavy (non-hydrogen) atoms. The van der Waals surface area contributed by atoms with E-state index in [1.165, 1.54) is 18.1 Å². The van der Waals surface area contributed by atoms with E-state index in [4.69, 9.17) is 9.47 Å². The number of anilines is 1. The van der Waals surface area contributed by atoms with Gasteiger partial charge in [-0.3, -0.25) is 9.69 Å². The molecule has 1 N–H and O–H groups in total. The normalized spacial score (nSPS) is 15.0. The summed E-state index contributed by atoms with van der Waals surface area (Å²) in [6, 6.07) is 18.4. The number of benzene rings is 3. The highest BCUT2D eigenvalue weighted by Crippen LogP contribution is 2.40. The summed E-state index contributed by atoms with van der Waals surface area (Å²) in [6.45, 7) is 3.91. The Morgan fingerprint density at radius 1 is 1.06 bits per heavy atom. The summed E-state index contributed by atoms with van der Waals surface area (Å²) >= 11 is 0. The Balaban J connectivity index is 1.90. The second-order valence-corrected chi connectivity index (χ2v) is 7.28. The number of para-hydroxylation sites is 1. The number of hydrogen-bond donors (Lipinski definition) is 1. The Kier molecular flexibility index (Phi) is 5.69. The lowest BCUT2D eigenvalue weighted by Crippen LogP contribution is -2.24. The van der Waals surface area contributed by atoms with Crippen molar-refractivity contribution in [1.82, 2.24) is 0 Å². The monoisotopic (exact) mass is 429 g/mol. The first-order valence-corrected chi connectivity index (χ1v) is 10.3. The number of rotatable bonds is 5. The number of esters is 1. The molecule has 1 amide bonds. The molecule has 0 atom stereocenters. The average molecular weight is 429 g/mol. The van der Waals surface area contributed by atoms with Gasteiger partial charge in [-0.2, -0.15) is 0 Å². The molecule has 4 rings (SSSR count). The summed E-state index contributed by atoms with van der Waals surface area (Å²) in [7, 11) is 1.28. The summed E-state index contributed by atoms with van der Waals surface area (Å²) in [6.07, 6.45) is 1.50. The van der Waals surface area contributed by atoms with Gasteiger partial charge < -0.3 is 14.6 Å². The highest BCUT2D eigenvalue weighted by atomic mass is 16.5. The Morgan fingerprint density at radius 2 is 1.78 bits per heavy atom. The zero-order valence-electron chi connectivity index (χ0n) is 18.1. The first kappa shape index (κ1) is 21.2. The van der Waals surface area contributed by atoms with Gasteiger partial charge in [-0.1, -0.05) is 48.5 Å². The van der Waals surface area contributed by atoms with Gasteiger partial charge >= 0.3 is 5.97 Å². The Morgan fingerprint density at radius 3 is 2.53 bits per heavy atom. The van der Waals surface area contributed by atoms with Crippen molar-refractivity contribution in [3.8, 4) is 11.5 Å². The van der Waals surface area contributed by atoms with Crippen LogP contribution in [0.1, 0.15) is 19.4 Å². The lowest BCUT2D eigenvalue weighted by Gasteiger charge is -2.20. The predicted octanol–water partition coefficient (Wildman–Crippen LogP) is 4.82. The number of aromatic hydroxyl groups is 1. The molecule has 162 valence electrons. The van der Waals surface area contributed by atoms with Crippen LogP contribution < -0.4 is 9.64 Å². The molecule has 1 aliphatic rings. The van der Waals surface area contributed by atoms with E-state index in [1.54, 1.807) is 25.1 Å². The smallest absolute Gasteiger partial charge is 0.340 e. The first-order valence-electron chi connectivity index (χ1n) is 10.3. The molecule has 0 aliphatic carbocycles. The van der Waals surface area contributed by atoms with Crippen LogP contribution in [0.25, 0.3) is 16.8 Å². The molecule has 3 aromatic carbocycles. The number of carbonyl (C=O) groups excluding carboxylic acids is 2. The van der Waals surface area contributed by atoms with E-state index in [-0.39, 0.29) is 22.8 Å². The zero-order valence-corrected chi connectivity index (χ0v) is 18.1. The molecule has 3 aromatic rings. The molecule has 0 aromatic heterocycles. The van der Waals surface area contributed by atoms with Crippen molar-refractivity contribution in [1.29, 1.82) is 0 Å². The Bertz CT molecular complexity index is 1280. The molecule has 0 spiro atoms. The van der Waals surface area contributed by atoms with Gasteiger partial charge in [0.2, 0.25) is 0 Å². The van der Waals surface area contributed by atoms with Crippen molar-refractivity contribution < 1.29 is 24.2 Å². The molecule has 6 heteroatoms. The number of amides is 1. The number of methoxy groups -OCH3 is 1. The fourth-order valence-electron chi connectivity index (χ4n) is 3.96. The first-order chi connectivity index (χ1) is 15.5. The van der Waals surface area contributed by atoms with Crippen LogP contribution in [0.2, 0.25) is 0 Å². The molecule has 1 aliphatic heterocycles. The molecule has 0 unspecified atom stereocenters. The molecular weight excluding hydrogens is 406 g/mol. The Hall–Kier alpha value is -4.06. The van der Waals surface area contributed by atoms with Crippen molar-refractivity contribution in [3.63, 3.8) is 0 Å². The third-order valence-electron chi connectivity index (χ3n) is 5.43. The van der Waals surface area contributed by atoms with E-state index in [0.717, 1.165) is 10.8 Å². The fraction of sp³-hybridized carbons (Fsp3) is 0.154. The average Bonchev–Trinajstić information content (AvgIpc) is 3.05. The zero-order chi connectivity index (χ0) is 22.8. The lowest BCUT2D eigenvalue weighted by atomic mass is 10.0. The summed E-state index contributed by atoms with van der Waals surface area (Å²) in [5, 5.41) is 12.5. The quantitative estimate of drug-likeness (QED) is 0.465. The van der Waals surface area contributed by atoms with Crippen molar-refractivity contribution in [2.24, 2.45) is 0 Å². The van der Waals surface area contributed by atoms with Gasteiger partial charge in [-0.25, -0.2) is 4.79 Å². The molecule has 0 saturated heterocycles. The van der Waals surface area contributed by atoms with Crippen LogP contribution >= 0.6 is 0 Å². The molecule has 0 saturated carbocycles. The minimum absolute atomic E-state index is 0.0971. The molecule has 0 radical (unpaired) electrons. The van der Waals surface area contributed by atoms with Crippen LogP contribution in [0, 0.1) is 0 Å². The second-order valence-electron chi connectivity index (χ2n) is 7.28. The second kappa shape index (κ2) is 8.59. The summed E-state index contributed by atoms with van der Waals surface area (Å²) in [4.78, 5) is 27.8. The van der Waals surface area contributed by atoms with Crippen molar-refractivity contribution in [3.05, 3.63) is 83.1 Å². The topological polar surface area (TPSA) is 76.1 Å². The SMILES string of the molecule is CCOc1cccc(C=C2C(=O)N(c3cccc4ccccc34)C(C)=C2C(=O)OC)c1O. The molecule has 0 bridgehead atoms. The maximum Gasteiger partial charge on any atom is 0.340 e. The van der Waals surface area contributed by atoms with Gasteiger partial charge in [0.25, 0.3) is 5.91 Å². The number of carbonyl (C=O) groups is 2. The van der Waals surface area contributed by atoms with Crippen LogP contribution in [0.4, 0.5) is 5.69 Å². The minimum atomic E-state index is -0.620. The number of ether oxygens (including phenoxy) is 2. The summed E-state index contributed by atoms with van der Waals surface area (Å²) < 4.78 is 10.4. The van der Waals surface area contributed by atoms with Gasteiger partial charge in [0, 0.05) is 16.6 Å². The van der Waals surface area contributed by atoms with Gasteiger partial charge in [0.1, 0.15) is 0 Å². The summed E-state index contributed by atoms with van der Waals surface area (Å²) in [5.41, 5.74) is 1.80. The van der Waals surface area contributed by atoms with Crippen LogP contribution in [-0.4, -0.2) is 30.7 Å². The number of allylic oxidation sites excluding steroid dienone is 1. The van der Waals surface area contributed by atoms with Gasteiger partial charge in [-0.15, -0.1) is 0 Å². The van der Waals surface area contributed by atoms with Crippen molar-refractivity contribution in [2.45, 2.75) is 13.8 Å². The van der Waals surface area contributed by atoms with E-state index in [0.29, 0.717) is 29.3 Å². The van der Waals surface area contributed by atoms with Crippen LogP contribution in [0.15, 0.2) is 77.5 Å². The lowest BCUT2D eigenvalue weighted by molar-refractivity contribution is -0.136. The third-order valence-corrected chi connectivity index (χ3v) is 5.43. The highest BCUT2D eigenvalue weighted by molar-refractivity contribution is 6.25. The maximum atomic E-state index is 13.6. The predicted molar refractivity (Wildman–Crippen MR) is 123 cm³/mol. The fourth-order valence-corrected chi connectivity index (χ4v) is 3.96. The number of fused-ring (bicyclic) bond motifs is 1. The molecule has 6 nitrogen and oxygen atoms in total. The number of nitrogens with zero attached hydrogens (tertiary/aromatic N) is 1. The van der Waals surface area contributed by atoms with E-state index >= 15 is 0 Å². The molecule has 0 fully saturated rings. The van der Waals surface area contributed by atoms with Gasteiger partial charge in [0.05, 0.1) is 30.6 Å². The highest BCUT2D eigenvalue weighted by Gasteiger charge is 2.38. The van der Waals surface area contributed by atoms with Gasteiger partial charge in [-0.05, 0) is 37.4 Å². The number of hydrogen-bond acceptors (Lipinski definition) is 5. The van der Waals surface area contributed by atoms with Crippen LogP contribution in [-0.2, 0) is 14.3 Å². The van der Waals surface area contributed by atoms with Crippen LogP contribution in [0.5, 0.6) is 11.5 Å². The number of phenolic OH excluding ortho intramolecular Hbond substituents is 1. The maximum absolute atomic E-state index is 13.6. The third kappa shape index (κ3) is 3.50. The molecular formula is C26H23NO5. The standard InChI is InChI=1S/C26H23NO5/c1-4-32-22-14-8-11-18(24(22)28)15-20-23(26(30)31-3)16(2)27(25(20)29)21-13-7-10-17-9-5-6-12-19(17)21/h5-15,28H,4H2,1-3H3.